The number of carbonyl (C=O) groups is 3. The molecule has 1 aromatic carbocycles. The lowest BCUT2D eigenvalue weighted by Crippen LogP contribution is -2.65. The van der Waals surface area contributed by atoms with Crippen molar-refractivity contribution in [2.45, 2.75) is 69.2 Å². The highest BCUT2D eigenvalue weighted by Crippen LogP contribution is 2.53. The number of carbonyl (C=O) groups excluding carboxylic acids is 3. The van der Waals surface area contributed by atoms with Gasteiger partial charge in [-0.05, 0) is 75.5 Å². The van der Waals surface area contributed by atoms with Gasteiger partial charge in [0.05, 0.1) is 18.2 Å². The second kappa shape index (κ2) is 10.7. The summed E-state index contributed by atoms with van der Waals surface area (Å²) in [6, 6.07) is 6.15. The summed E-state index contributed by atoms with van der Waals surface area (Å²) in [6.45, 7) is 0.571. The number of primary amides is 1. The van der Waals surface area contributed by atoms with Crippen molar-refractivity contribution in [2.24, 2.45) is 17.6 Å². The van der Waals surface area contributed by atoms with Crippen LogP contribution >= 0.6 is 0 Å². The lowest BCUT2D eigenvalue weighted by Gasteiger charge is -2.50. The van der Waals surface area contributed by atoms with Gasteiger partial charge in [-0.25, -0.2) is 0 Å². The molecule has 0 spiro atoms. The van der Waals surface area contributed by atoms with Crippen molar-refractivity contribution in [1.82, 2.24) is 10.2 Å². The number of furan rings is 1. The third-order valence-electron chi connectivity index (χ3n) is 9.70. The number of amides is 1. The summed E-state index contributed by atoms with van der Waals surface area (Å²) in [4.78, 5) is 40.9. The van der Waals surface area contributed by atoms with E-state index in [4.69, 9.17) is 10.2 Å². The summed E-state index contributed by atoms with van der Waals surface area (Å²) in [5.41, 5.74) is 2.93. The first-order valence-electron chi connectivity index (χ1n) is 14.8. The highest BCUT2D eigenvalue weighted by molar-refractivity contribution is 6.24. The van der Waals surface area contributed by atoms with Gasteiger partial charge >= 0.3 is 0 Å². The zero-order chi connectivity index (χ0) is 30.8. The second-order valence-electron chi connectivity index (χ2n) is 12.4. The third-order valence-corrected chi connectivity index (χ3v) is 9.70. The quantitative estimate of drug-likeness (QED) is 0.273. The number of aliphatic hydroxyl groups is 3. The number of likely N-dealkylation sites (N-methyl/N-ethyl adjacent to an activating group) is 1. The van der Waals surface area contributed by atoms with Gasteiger partial charge in [-0.15, -0.1) is 0 Å². The number of nitrogens with two attached hydrogens (primary N) is 1. The fraction of sp³-hybridized carbons (Fsp3) is 0.469. The molecule has 43 heavy (non-hydrogen) atoms. The average molecular weight is 592 g/mol. The molecule has 6 rings (SSSR count). The Morgan fingerprint density at radius 3 is 2.49 bits per heavy atom. The van der Waals surface area contributed by atoms with Crippen molar-refractivity contribution in [3.8, 4) is 17.1 Å². The number of Topliss-reactive ketones (excluding diaryl/α,β-unsaturated/α-hetero) is 2. The molecule has 1 amide bonds. The van der Waals surface area contributed by atoms with Gasteiger partial charge in [-0.2, -0.15) is 0 Å². The van der Waals surface area contributed by atoms with Gasteiger partial charge in [0, 0.05) is 23.1 Å². The Balaban J connectivity index is 1.40. The number of aromatic hydroxyl groups is 1. The van der Waals surface area contributed by atoms with Crippen LogP contribution in [0.4, 0.5) is 0 Å². The van der Waals surface area contributed by atoms with E-state index < -0.39 is 58.0 Å². The average Bonchev–Trinajstić information content (AvgIpc) is 3.43. The summed E-state index contributed by atoms with van der Waals surface area (Å²) < 4.78 is 6.19. The minimum atomic E-state index is -2.67. The van der Waals surface area contributed by atoms with Crippen molar-refractivity contribution >= 4 is 23.2 Å². The van der Waals surface area contributed by atoms with Gasteiger partial charge in [0.25, 0.3) is 5.91 Å². The lowest BCUT2D eigenvalue weighted by molar-refractivity contribution is -0.153. The normalized spacial score (nSPS) is 27.8. The first-order chi connectivity index (χ1) is 20.4. The largest absolute Gasteiger partial charge is 0.508 e. The molecule has 2 fully saturated rings. The molecule has 2 saturated carbocycles. The van der Waals surface area contributed by atoms with Crippen molar-refractivity contribution in [3.63, 3.8) is 0 Å². The van der Waals surface area contributed by atoms with Crippen molar-refractivity contribution in [2.75, 3.05) is 14.1 Å². The Kier molecular flexibility index (Phi) is 7.22. The molecule has 0 bridgehead atoms. The predicted octanol–water partition coefficient (Wildman–Crippen LogP) is 2.65. The van der Waals surface area contributed by atoms with E-state index in [1.54, 1.807) is 20.2 Å². The Bertz CT molecular complexity index is 1580. The zero-order valence-corrected chi connectivity index (χ0v) is 24.2. The topological polar surface area (TPSA) is 187 Å². The van der Waals surface area contributed by atoms with Gasteiger partial charge in [0.1, 0.15) is 34.4 Å². The second-order valence-corrected chi connectivity index (χ2v) is 12.4. The van der Waals surface area contributed by atoms with E-state index in [9.17, 15) is 34.8 Å². The SMILES string of the molecule is CN(C)[C@@H]1C(=O)C(C(N)=O)=C(O)[C@@]2(O)C(=O)C3=C(O)c4c(O)ccc(-c5ccc(CNC6CCCCC6)o5)c4C[C@@H]3C[C@H]12. The molecule has 4 aliphatic rings. The van der Waals surface area contributed by atoms with Crippen LogP contribution in [-0.4, -0.2) is 74.6 Å². The Morgan fingerprint density at radius 1 is 1.09 bits per heavy atom. The van der Waals surface area contributed by atoms with Crippen molar-refractivity contribution in [3.05, 3.63) is 58.1 Å². The molecule has 0 aliphatic heterocycles. The molecule has 0 unspecified atom stereocenters. The van der Waals surface area contributed by atoms with Gasteiger partial charge in [0.15, 0.2) is 11.4 Å². The Labute approximate surface area is 248 Å². The highest BCUT2D eigenvalue weighted by Gasteiger charge is 2.64. The molecule has 0 radical (unpaired) electrons. The number of nitrogens with one attached hydrogen (secondary N) is 1. The maximum atomic E-state index is 14.0. The Morgan fingerprint density at radius 2 is 1.81 bits per heavy atom. The summed E-state index contributed by atoms with van der Waals surface area (Å²) in [5, 5.41) is 48.6. The maximum absolute atomic E-state index is 14.0. The van der Waals surface area contributed by atoms with Crippen LogP contribution in [0.1, 0.15) is 55.4 Å². The molecular weight excluding hydrogens is 554 g/mol. The number of aliphatic hydroxyl groups excluding tert-OH is 2. The third kappa shape index (κ3) is 4.49. The summed E-state index contributed by atoms with van der Waals surface area (Å²) in [6.07, 6.45) is 6.19. The van der Waals surface area contributed by atoms with Crippen LogP contribution in [0.25, 0.3) is 17.1 Å². The minimum Gasteiger partial charge on any atom is -0.508 e. The van der Waals surface area contributed by atoms with Crippen LogP contribution in [0.3, 0.4) is 0 Å². The number of phenols is 1. The molecular formula is C32H37N3O8. The predicted molar refractivity (Wildman–Crippen MR) is 156 cm³/mol. The molecule has 228 valence electrons. The van der Waals surface area contributed by atoms with Crippen LogP contribution in [0.2, 0.25) is 0 Å². The van der Waals surface area contributed by atoms with Gasteiger partial charge < -0.3 is 35.9 Å². The van der Waals surface area contributed by atoms with Crippen LogP contribution in [0.15, 0.2) is 45.6 Å². The number of phenolic OH excluding ortho intramolecular Hbond substituents is 1. The number of nitrogens with zero attached hydrogens (tertiary/aromatic N) is 1. The van der Waals surface area contributed by atoms with Crippen LogP contribution < -0.4 is 11.1 Å². The van der Waals surface area contributed by atoms with E-state index in [-0.39, 0.29) is 29.7 Å². The standard InChI is InChI=1S/C32H37N3O8/c1-35(2)26-20-13-15-12-19-18(22-11-8-17(43-22)14-34-16-6-4-3-5-7-16)9-10-21(36)24(19)27(37)23(15)29(39)32(20,42)30(40)25(28(26)38)31(33)41/h8-11,15-16,20,26,34,36-37,40,42H,3-7,12-14H2,1-2H3,(H2,33,41)/t15-,20-,26+,32+/m1/s1. The Hall–Kier alpha value is -3.93. The zero-order valence-electron chi connectivity index (χ0n) is 24.2. The maximum Gasteiger partial charge on any atom is 0.255 e. The molecule has 1 aromatic heterocycles. The van der Waals surface area contributed by atoms with E-state index >= 15 is 0 Å². The van der Waals surface area contributed by atoms with E-state index in [1.165, 1.54) is 30.2 Å². The minimum absolute atomic E-state index is 0.0234. The molecule has 4 atom stereocenters. The van der Waals surface area contributed by atoms with Gasteiger partial charge in [-0.3, -0.25) is 19.3 Å². The number of ketones is 2. The molecule has 4 aliphatic carbocycles. The lowest BCUT2D eigenvalue weighted by atomic mass is 9.57. The van der Waals surface area contributed by atoms with E-state index in [1.807, 2.05) is 12.1 Å². The van der Waals surface area contributed by atoms with Gasteiger partial charge in [-0.1, -0.05) is 19.3 Å². The number of fused-ring (bicyclic) bond motifs is 3. The molecule has 2 aromatic rings. The molecule has 11 nitrogen and oxygen atoms in total. The number of benzene rings is 1. The monoisotopic (exact) mass is 591 g/mol. The fourth-order valence-electron chi connectivity index (χ4n) is 7.64. The van der Waals surface area contributed by atoms with Crippen LogP contribution in [0, 0.1) is 11.8 Å². The van der Waals surface area contributed by atoms with E-state index in [0.717, 1.165) is 18.6 Å². The van der Waals surface area contributed by atoms with E-state index in [0.29, 0.717) is 29.5 Å². The van der Waals surface area contributed by atoms with Crippen LogP contribution in [-0.2, 0) is 27.3 Å². The van der Waals surface area contributed by atoms with Crippen molar-refractivity contribution in [1.29, 1.82) is 0 Å². The smallest absolute Gasteiger partial charge is 0.255 e. The summed E-state index contributed by atoms with van der Waals surface area (Å²) >= 11 is 0. The molecule has 1 heterocycles. The highest BCUT2D eigenvalue weighted by atomic mass is 16.4. The van der Waals surface area contributed by atoms with Crippen LogP contribution in [0.5, 0.6) is 5.75 Å². The van der Waals surface area contributed by atoms with E-state index in [2.05, 4.69) is 5.32 Å². The molecule has 11 heteroatoms. The number of hydrogen-bond acceptors (Lipinski definition) is 10. The first-order valence-corrected chi connectivity index (χ1v) is 14.8. The first kappa shape index (κ1) is 29.2. The summed E-state index contributed by atoms with van der Waals surface area (Å²) in [7, 11) is 3.14. The number of hydrogen-bond donors (Lipinski definition) is 6. The molecule has 7 N–H and O–H groups in total. The molecule has 0 saturated heterocycles. The fourth-order valence-corrected chi connectivity index (χ4v) is 7.64. The van der Waals surface area contributed by atoms with Gasteiger partial charge in [0.2, 0.25) is 5.78 Å². The number of rotatable bonds is 6. The van der Waals surface area contributed by atoms with Crippen molar-refractivity contribution < 1.29 is 39.2 Å². The summed E-state index contributed by atoms with van der Waals surface area (Å²) in [5.74, 6) is -5.49.